The average Bonchev–Trinajstić information content (AvgIpc) is 3.42. The van der Waals surface area contributed by atoms with Crippen molar-refractivity contribution in [1.29, 1.82) is 0 Å². The highest BCUT2D eigenvalue weighted by Crippen LogP contribution is 2.39. The number of sulfone groups is 1. The highest BCUT2D eigenvalue weighted by atomic mass is 32.2. The number of aryl methyl sites for hydroxylation is 1. The first-order valence-electron chi connectivity index (χ1n) is 10.8. The van der Waals surface area contributed by atoms with E-state index in [1.165, 1.54) is 6.07 Å². The van der Waals surface area contributed by atoms with Crippen LogP contribution >= 0.6 is 11.8 Å². The molecule has 32 heavy (non-hydrogen) atoms. The van der Waals surface area contributed by atoms with Gasteiger partial charge in [-0.25, -0.2) is 12.8 Å². The summed E-state index contributed by atoms with van der Waals surface area (Å²) in [5.74, 6) is 0.800. The van der Waals surface area contributed by atoms with Gasteiger partial charge in [0, 0.05) is 35.7 Å². The summed E-state index contributed by atoms with van der Waals surface area (Å²) in [6, 6.07) is 6.51. The zero-order valence-corrected chi connectivity index (χ0v) is 20.3. The summed E-state index contributed by atoms with van der Waals surface area (Å²) in [6.07, 6.45) is 0.585. The molecule has 2 unspecified atom stereocenters. The number of rotatable bonds is 6. The Kier molecular flexibility index (Phi) is 6.65. The lowest BCUT2D eigenvalue weighted by Gasteiger charge is -2.27. The smallest absolute Gasteiger partial charge is 0.237 e. The molecule has 2 saturated heterocycles. The second-order valence-corrected chi connectivity index (χ2v) is 12.1. The van der Waals surface area contributed by atoms with Crippen LogP contribution in [0, 0.1) is 19.7 Å². The Morgan fingerprint density at radius 2 is 2.06 bits per heavy atom. The maximum atomic E-state index is 14.3. The molecule has 1 aromatic carbocycles. The van der Waals surface area contributed by atoms with Crippen molar-refractivity contribution in [2.75, 3.05) is 37.4 Å². The van der Waals surface area contributed by atoms with Crippen LogP contribution in [0.25, 0.3) is 0 Å². The Hall–Kier alpha value is -1.91. The quantitative estimate of drug-likeness (QED) is 0.633. The molecule has 174 valence electrons. The minimum Gasteiger partial charge on any atom is -0.325 e. The van der Waals surface area contributed by atoms with Crippen LogP contribution in [0.15, 0.2) is 24.3 Å². The first-order valence-corrected chi connectivity index (χ1v) is 13.6. The van der Waals surface area contributed by atoms with Gasteiger partial charge in [0.05, 0.1) is 29.8 Å². The van der Waals surface area contributed by atoms with E-state index in [9.17, 15) is 17.6 Å². The lowest BCUT2D eigenvalue weighted by atomic mass is 10.1. The predicted octanol–water partition coefficient (Wildman–Crippen LogP) is 2.70. The highest BCUT2D eigenvalue weighted by molar-refractivity contribution is 7.99. The number of hydrogen-bond acceptors (Lipinski definition) is 6. The standard InChI is InChI=1S/C22H29FN4O3S2/c1-15-19(16(2)27(24-15)17-8-11-32(29,30)14-17)12-25(3)13-21(28)26-9-10-31-22(26)18-6-4-5-7-20(18)23/h4-7,17,22H,8-14H2,1-3H3. The van der Waals surface area contributed by atoms with Crippen LogP contribution in [0.5, 0.6) is 0 Å². The molecule has 0 spiro atoms. The predicted molar refractivity (Wildman–Crippen MR) is 124 cm³/mol. The molecule has 2 atom stereocenters. The molecule has 3 heterocycles. The van der Waals surface area contributed by atoms with E-state index in [0.29, 0.717) is 25.1 Å². The normalized spacial score (nSPS) is 22.7. The number of likely N-dealkylation sites (N-methyl/N-ethyl adjacent to an activating group) is 1. The van der Waals surface area contributed by atoms with Gasteiger partial charge in [-0.05, 0) is 33.4 Å². The SMILES string of the molecule is Cc1nn(C2CCS(=O)(=O)C2)c(C)c1CN(C)CC(=O)N1CCSC1c1ccccc1F. The van der Waals surface area contributed by atoms with E-state index >= 15 is 0 Å². The number of carbonyl (C=O) groups is 1. The molecule has 2 aromatic rings. The van der Waals surface area contributed by atoms with Gasteiger partial charge in [-0.2, -0.15) is 5.10 Å². The van der Waals surface area contributed by atoms with Crippen molar-refractivity contribution in [3.8, 4) is 0 Å². The van der Waals surface area contributed by atoms with Gasteiger partial charge in [-0.15, -0.1) is 11.8 Å². The number of hydrogen-bond donors (Lipinski definition) is 0. The zero-order chi connectivity index (χ0) is 23.0. The fourth-order valence-electron chi connectivity index (χ4n) is 4.56. The third-order valence-electron chi connectivity index (χ3n) is 6.24. The van der Waals surface area contributed by atoms with Gasteiger partial charge >= 0.3 is 0 Å². The van der Waals surface area contributed by atoms with Crippen LogP contribution in [-0.4, -0.2) is 71.3 Å². The molecule has 1 aromatic heterocycles. The molecule has 2 aliphatic heterocycles. The molecular formula is C22H29FN4O3S2. The van der Waals surface area contributed by atoms with E-state index in [1.807, 2.05) is 30.5 Å². The monoisotopic (exact) mass is 480 g/mol. The topological polar surface area (TPSA) is 75.5 Å². The molecular weight excluding hydrogens is 451 g/mol. The highest BCUT2D eigenvalue weighted by Gasteiger charge is 2.34. The Bertz CT molecular complexity index is 1120. The number of aromatic nitrogens is 2. The summed E-state index contributed by atoms with van der Waals surface area (Å²) in [5, 5.41) is 4.32. The third kappa shape index (κ3) is 4.72. The summed E-state index contributed by atoms with van der Waals surface area (Å²) in [4.78, 5) is 16.8. The van der Waals surface area contributed by atoms with Gasteiger partial charge in [0.15, 0.2) is 9.84 Å². The van der Waals surface area contributed by atoms with E-state index in [-0.39, 0.29) is 41.2 Å². The fraction of sp³-hybridized carbons (Fsp3) is 0.545. The second kappa shape index (κ2) is 9.15. The largest absolute Gasteiger partial charge is 0.325 e. The van der Waals surface area contributed by atoms with Crippen molar-refractivity contribution in [1.82, 2.24) is 19.6 Å². The number of carbonyl (C=O) groups excluding carboxylic acids is 1. The van der Waals surface area contributed by atoms with Crippen molar-refractivity contribution in [3.05, 3.63) is 52.6 Å². The van der Waals surface area contributed by atoms with E-state index in [0.717, 1.165) is 22.7 Å². The van der Waals surface area contributed by atoms with Gasteiger partial charge in [0.1, 0.15) is 11.2 Å². The Morgan fingerprint density at radius 1 is 1.31 bits per heavy atom. The van der Waals surface area contributed by atoms with Crippen molar-refractivity contribution in [2.24, 2.45) is 0 Å². The summed E-state index contributed by atoms with van der Waals surface area (Å²) in [7, 11) is -1.11. The van der Waals surface area contributed by atoms with Crippen LogP contribution in [0.4, 0.5) is 4.39 Å². The van der Waals surface area contributed by atoms with Gasteiger partial charge in [0.2, 0.25) is 5.91 Å². The van der Waals surface area contributed by atoms with Crippen molar-refractivity contribution >= 4 is 27.5 Å². The molecule has 0 bridgehead atoms. The number of nitrogens with zero attached hydrogens (tertiary/aromatic N) is 4. The molecule has 0 saturated carbocycles. The van der Waals surface area contributed by atoms with Crippen molar-refractivity contribution in [3.63, 3.8) is 0 Å². The van der Waals surface area contributed by atoms with Crippen LogP contribution < -0.4 is 0 Å². The van der Waals surface area contributed by atoms with E-state index in [2.05, 4.69) is 5.10 Å². The maximum absolute atomic E-state index is 14.3. The van der Waals surface area contributed by atoms with Gasteiger partial charge in [-0.3, -0.25) is 14.4 Å². The summed E-state index contributed by atoms with van der Waals surface area (Å²) < 4.78 is 39.9. The van der Waals surface area contributed by atoms with Crippen LogP contribution in [0.1, 0.15) is 40.4 Å². The van der Waals surface area contributed by atoms with Crippen LogP contribution in [-0.2, 0) is 21.2 Å². The Balaban J connectivity index is 1.43. The van der Waals surface area contributed by atoms with Crippen LogP contribution in [0.2, 0.25) is 0 Å². The lowest BCUT2D eigenvalue weighted by Crippen LogP contribution is -2.38. The Labute approximate surface area is 192 Å². The molecule has 0 aliphatic carbocycles. The molecule has 1 amide bonds. The number of thioether (sulfide) groups is 1. The average molecular weight is 481 g/mol. The van der Waals surface area contributed by atoms with Crippen LogP contribution in [0.3, 0.4) is 0 Å². The molecule has 2 aliphatic rings. The minimum absolute atomic E-state index is 0.0321. The van der Waals surface area contributed by atoms with Gasteiger partial charge < -0.3 is 4.90 Å². The molecule has 0 radical (unpaired) electrons. The second-order valence-electron chi connectivity index (χ2n) is 8.65. The van der Waals surface area contributed by atoms with E-state index in [1.54, 1.807) is 34.9 Å². The maximum Gasteiger partial charge on any atom is 0.237 e. The van der Waals surface area contributed by atoms with Gasteiger partial charge in [0.25, 0.3) is 0 Å². The van der Waals surface area contributed by atoms with Gasteiger partial charge in [-0.1, -0.05) is 18.2 Å². The first-order chi connectivity index (χ1) is 15.2. The molecule has 2 fully saturated rings. The summed E-state index contributed by atoms with van der Waals surface area (Å²) in [6.45, 7) is 5.23. The first kappa shape index (κ1) is 23.3. The molecule has 7 nitrogen and oxygen atoms in total. The zero-order valence-electron chi connectivity index (χ0n) is 18.6. The number of benzene rings is 1. The minimum atomic E-state index is -2.99. The van der Waals surface area contributed by atoms with Crippen molar-refractivity contribution in [2.45, 2.75) is 38.2 Å². The number of halogens is 1. The molecule has 4 rings (SSSR count). The molecule has 0 N–H and O–H groups in total. The van der Waals surface area contributed by atoms with E-state index < -0.39 is 9.84 Å². The fourth-order valence-corrected chi connectivity index (χ4v) is 7.55. The molecule has 10 heteroatoms. The lowest BCUT2D eigenvalue weighted by molar-refractivity contribution is -0.132. The van der Waals surface area contributed by atoms with E-state index in [4.69, 9.17) is 0 Å². The summed E-state index contributed by atoms with van der Waals surface area (Å²) in [5.41, 5.74) is 3.37. The summed E-state index contributed by atoms with van der Waals surface area (Å²) >= 11 is 1.58. The number of amides is 1. The third-order valence-corrected chi connectivity index (χ3v) is 9.24. The Morgan fingerprint density at radius 3 is 2.75 bits per heavy atom. The van der Waals surface area contributed by atoms with Crippen molar-refractivity contribution < 1.29 is 17.6 Å².